The highest BCUT2D eigenvalue weighted by Crippen LogP contribution is 2.25. The fourth-order valence-electron chi connectivity index (χ4n) is 3.18. The molecule has 1 saturated heterocycles. The molecule has 2 aromatic rings. The van der Waals surface area contributed by atoms with E-state index in [1.807, 2.05) is 5.38 Å². The van der Waals surface area contributed by atoms with Crippen LogP contribution in [0.15, 0.2) is 17.5 Å². The van der Waals surface area contributed by atoms with Crippen molar-refractivity contribution in [2.45, 2.75) is 26.8 Å². The van der Waals surface area contributed by atoms with Crippen LogP contribution < -0.4 is 5.32 Å². The Kier molecular flexibility index (Phi) is 5.36. The van der Waals surface area contributed by atoms with Crippen LogP contribution in [-0.4, -0.2) is 28.9 Å². The van der Waals surface area contributed by atoms with Crippen molar-refractivity contribution >= 4 is 45.3 Å². The van der Waals surface area contributed by atoms with Gasteiger partial charge in [-0.25, -0.2) is 4.98 Å². The average molecular weight is 370 g/mol. The standard InChI is InChI=1S/C16H20ClN3OS2/c1-10-5-11(2)7-20(6-10)8-12-9-22-16(18-12)19-15(21)13-3-4-14(17)23-13/h3-4,9-11H,5-8H2,1-2H3,(H,18,19,21). The van der Waals surface area contributed by atoms with E-state index in [0.717, 1.165) is 37.2 Å². The Morgan fingerprint density at radius 2 is 2.13 bits per heavy atom. The molecule has 7 heteroatoms. The van der Waals surface area contributed by atoms with Crippen molar-refractivity contribution in [3.63, 3.8) is 0 Å². The topological polar surface area (TPSA) is 45.2 Å². The van der Waals surface area contributed by atoms with Gasteiger partial charge in [0, 0.05) is 25.0 Å². The smallest absolute Gasteiger partial charge is 0.267 e. The Hall–Kier alpha value is -0.950. The van der Waals surface area contributed by atoms with E-state index in [1.165, 1.54) is 29.1 Å². The van der Waals surface area contributed by atoms with Crippen molar-refractivity contribution in [1.82, 2.24) is 9.88 Å². The maximum Gasteiger partial charge on any atom is 0.267 e. The number of hydrogen-bond donors (Lipinski definition) is 1. The average Bonchev–Trinajstić information content (AvgIpc) is 3.07. The summed E-state index contributed by atoms with van der Waals surface area (Å²) < 4.78 is 0.614. The summed E-state index contributed by atoms with van der Waals surface area (Å²) in [5.41, 5.74) is 1.02. The van der Waals surface area contributed by atoms with Gasteiger partial charge in [-0.2, -0.15) is 0 Å². The van der Waals surface area contributed by atoms with Crippen molar-refractivity contribution in [1.29, 1.82) is 0 Å². The first-order valence-electron chi connectivity index (χ1n) is 7.73. The quantitative estimate of drug-likeness (QED) is 0.857. The van der Waals surface area contributed by atoms with Gasteiger partial charge in [0.05, 0.1) is 14.9 Å². The van der Waals surface area contributed by atoms with Gasteiger partial charge in [-0.3, -0.25) is 15.0 Å². The molecule has 0 aromatic carbocycles. The lowest BCUT2D eigenvalue weighted by molar-refractivity contribution is 0.103. The number of halogens is 1. The number of carbonyl (C=O) groups excluding carboxylic acids is 1. The van der Waals surface area contributed by atoms with Crippen LogP contribution in [0.1, 0.15) is 35.6 Å². The molecule has 1 aliphatic heterocycles. The maximum absolute atomic E-state index is 12.1. The monoisotopic (exact) mass is 369 g/mol. The molecule has 3 heterocycles. The van der Waals surface area contributed by atoms with E-state index in [9.17, 15) is 4.79 Å². The summed E-state index contributed by atoms with van der Waals surface area (Å²) in [5.74, 6) is 1.32. The van der Waals surface area contributed by atoms with Gasteiger partial charge in [0.25, 0.3) is 5.91 Å². The lowest BCUT2D eigenvalue weighted by Crippen LogP contribution is -2.38. The zero-order chi connectivity index (χ0) is 16.4. The van der Waals surface area contributed by atoms with E-state index in [2.05, 4.69) is 29.0 Å². The second kappa shape index (κ2) is 7.30. The Morgan fingerprint density at radius 3 is 2.78 bits per heavy atom. The van der Waals surface area contributed by atoms with Crippen LogP contribution in [0.5, 0.6) is 0 Å². The molecule has 1 fully saturated rings. The van der Waals surface area contributed by atoms with Crippen LogP contribution in [0, 0.1) is 11.8 Å². The summed E-state index contributed by atoms with van der Waals surface area (Å²) in [6.07, 6.45) is 1.30. The lowest BCUT2D eigenvalue weighted by Gasteiger charge is -2.34. The second-order valence-electron chi connectivity index (χ2n) is 6.34. The Labute approximate surface area is 149 Å². The van der Waals surface area contributed by atoms with Gasteiger partial charge < -0.3 is 0 Å². The first-order valence-corrected chi connectivity index (χ1v) is 9.80. The molecule has 0 spiro atoms. The van der Waals surface area contributed by atoms with E-state index >= 15 is 0 Å². The highest BCUT2D eigenvalue weighted by molar-refractivity contribution is 7.18. The number of hydrogen-bond acceptors (Lipinski definition) is 5. The fraction of sp³-hybridized carbons (Fsp3) is 0.500. The number of aromatic nitrogens is 1. The number of amides is 1. The van der Waals surface area contributed by atoms with Gasteiger partial charge in [-0.1, -0.05) is 25.4 Å². The van der Waals surface area contributed by atoms with Crippen molar-refractivity contribution in [2.24, 2.45) is 11.8 Å². The summed E-state index contributed by atoms with van der Waals surface area (Å²) in [5, 5.41) is 5.52. The van der Waals surface area contributed by atoms with E-state index < -0.39 is 0 Å². The number of carbonyl (C=O) groups is 1. The number of thiophene rings is 1. The molecule has 0 radical (unpaired) electrons. The van der Waals surface area contributed by atoms with Gasteiger partial charge in [-0.05, 0) is 30.4 Å². The maximum atomic E-state index is 12.1. The van der Waals surface area contributed by atoms with Crippen LogP contribution in [-0.2, 0) is 6.54 Å². The van der Waals surface area contributed by atoms with Gasteiger partial charge in [-0.15, -0.1) is 22.7 Å². The molecule has 2 aromatic heterocycles. The van der Waals surface area contributed by atoms with Crippen LogP contribution in [0.4, 0.5) is 5.13 Å². The summed E-state index contributed by atoms with van der Waals surface area (Å²) in [7, 11) is 0. The summed E-state index contributed by atoms with van der Waals surface area (Å²) in [4.78, 5) is 19.7. The van der Waals surface area contributed by atoms with E-state index in [-0.39, 0.29) is 5.91 Å². The van der Waals surface area contributed by atoms with E-state index in [1.54, 1.807) is 12.1 Å². The second-order valence-corrected chi connectivity index (χ2v) is 8.92. The molecule has 1 aliphatic rings. The first-order chi connectivity index (χ1) is 11.0. The molecule has 0 aliphatic carbocycles. The molecule has 2 unspecified atom stereocenters. The van der Waals surface area contributed by atoms with Crippen molar-refractivity contribution in [3.05, 3.63) is 32.4 Å². The zero-order valence-electron chi connectivity index (χ0n) is 13.2. The Morgan fingerprint density at radius 1 is 1.39 bits per heavy atom. The molecule has 0 bridgehead atoms. The minimum absolute atomic E-state index is 0.150. The predicted molar refractivity (Wildman–Crippen MR) is 97.6 cm³/mol. The zero-order valence-corrected chi connectivity index (χ0v) is 15.6. The molecule has 2 atom stereocenters. The largest absolute Gasteiger partial charge is 0.297 e. The van der Waals surface area contributed by atoms with Crippen LogP contribution in [0.25, 0.3) is 0 Å². The number of rotatable bonds is 4. The molecule has 23 heavy (non-hydrogen) atoms. The fourth-order valence-corrected chi connectivity index (χ4v) is 4.82. The van der Waals surface area contributed by atoms with E-state index in [0.29, 0.717) is 14.3 Å². The van der Waals surface area contributed by atoms with Crippen LogP contribution in [0.2, 0.25) is 4.34 Å². The third-order valence-corrected chi connectivity index (χ3v) is 5.94. The predicted octanol–water partition coefficient (Wildman–Crippen LogP) is 4.59. The molecule has 124 valence electrons. The summed E-state index contributed by atoms with van der Waals surface area (Å²) in [6, 6.07) is 3.46. The summed E-state index contributed by atoms with van der Waals surface area (Å²) in [6.45, 7) is 7.71. The number of nitrogens with zero attached hydrogens (tertiary/aromatic N) is 2. The third-order valence-electron chi connectivity index (χ3n) is 3.90. The lowest BCUT2D eigenvalue weighted by atomic mass is 9.92. The number of likely N-dealkylation sites (tertiary alicyclic amines) is 1. The number of piperidine rings is 1. The Bertz CT molecular complexity index is 674. The van der Waals surface area contributed by atoms with Crippen LogP contribution in [0.3, 0.4) is 0 Å². The first kappa shape index (κ1) is 16.9. The number of nitrogens with one attached hydrogen (secondary N) is 1. The van der Waals surface area contributed by atoms with Crippen LogP contribution >= 0.6 is 34.3 Å². The third kappa shape index (κ3) is 4.53. The highest BCUT2D eigenvalue weighted by atomic mass is 35.5. The molecule has 3 rings (SSSR count). The normalized spacial score (nSPS) is 22.2. The molecular weight excluding hydrogens is 350 g/mol. The Balaban J connectivity index is 1.58. The highest BCUT2D eigenvalue weighted by Gasteiger charge is 2.22. The van der Waals surface area contributed by atoms with Crippen molar-refractivity contribution in [3.8, 4) is 0 Å². The van der Waals surface area contributed by atoms with Gasteiger partial charge >= 0.3 is 0 Å². The molecule has 1 N–H and O–H groups in total. The van der Waals surface area contributed by atoms with Crippen molar-refractivity contribution < 1.29 is 4.79 Å². The van der Waals surface area contributed by atoms with E-state index in [4.69, 9.17) is 11.6 Å². The van der Waals surface area contributed by atoms with Gasteiger partial charge in [0.15, 0.2) is 5.13 Å². The van der Waals surface area contributed by atoms with Gasteiger partial charge in [0.1, 0.15) is 0 Å². The SMILES string of the molecule is CC1CC(C)CN(Cc2csc(NC(=O)c3ccc(Cl)s3)n2)C1. The molecule has 0 saturated carbocycles. The van der Waals surface area contributed by atoms with Gasteiger partial charge in [0.2, 0.25) is 0 Å². The molecule has 1 amide bonds. The van der Waals surface area contributed by atoms with Crippen molar-refractivity contribution in [2.75, 3.05) is 18.4 Å². The molecular formula is C16H20ClN3OS2. The minimum atomic E-state index is -0.150. The minimum Gasteiger partial charge on any atom is -0.297 e. The number of anilines is 1. The number of thiazole rings is 1. The molecule has 4 nitrogen and oxygen atoms in total. The summed E-state index contributed by atoms with van der Waals surface area (Å²) >= 11 is 8.61.